The second-order valence-electron chi connectivity index (χ2n) is 4.14. The Hall–Kier alpha value is -2.08. The number of anilines is 1. The Morgan fingerprint density at radius 3 is 2.65 bits per heavy atom. The highest BCUT2D eigenvalue weighted by Gasteiger charge is 2.10. The molecule has 0 fully saturated rings. The number of aryl methyl sites for hydroxylation is 1. The van der Waals surface area contributed by atoms with E-state index in [-0.39, 0.29) is 18.0 Å². The van der Waals surface area contributed by atoms with Crippen LogP contribution in [0.1, 0.15) is 18.9 Å². The van der Waals surface area contributed by atoms with Gasteiger partial charge in [-0.2, -0.15) is 9.97 Å². The normalized spacial score (nSPS) is 10.3. The number of nitrogens with two attached hydrogens (primary N) is 1. The molecule has 0 radical (unpaired) electrons. The van der Waals surface area contributed by atoms with Crippen LogP contribution in [0.25, 0.3) is 0 Å². The minimum absolute atomic E-state index is 0.0318. The fraction of sp³-hybridized carbons (Fsp3) is 0.308. The van der Waals surface area contributed by atoms with Crippen molar-refractivity contribution in [3.63, 3.8) is 0 Å². The monoisotopic (exact) mass is 294 g/mol. The number of hydrogen-bond acceptors (Lipinski definition) is 6. The lowest BCUT2D eigenvalue weighted by Crippen LogP contribution is -2.05. The predicted molar refractivity (Wildman–Crippen MR) is 76.3 cm³/mol. The Morgan fingerprint density at radius 2 is 1.95 bits per heavy atom. The summed E-state index contributed by atoms with van der Waals surface area (Å²) in [7, 11) is 0. The van der Waals surface area contributed by atoms with Crippen LogP contribution in [0.15, 0.2) is 18.2 Å². The molecular weight excluding hydrogens is 280 g/mol. The summed E-state index contributed by atoms with van der Waals surface area (Å²) in [5, 5.41) is 0.472. The fourth-order valence-corrected chi connectivity index (χ4v) is 1.72. The van der Waals surface area contributed by atoms with E-state index in [9.17, 15) is 0 Å². The van der Waals surface area contributed by atoms with Gasteiger partial charge in [-0.25, -0.2) is 0 Å². The molecule has 7 heteroatoms. The van der Waals surface area contributed by atoms with E-state index in [1.165, 1.54) is 0 Å². The average Bonchev–Trinajstić information content (AvgIpc) is 2.39. The van der Waals surface area contributed by atoms with E-state index in [4.69, 9.17) is 26.8 Å². The first-order valence-corrected chi connectivity index (χ1v) is 6.54. The van der Waals surface area contributed by atoms with E-state index < -0.39 is 0 Å². The summed E-state index contributed by atoms with van der Waals surface area (Å²) in [6.45, 7) is 4.41. The minimum Gasteiger partial charge on any atom is -0.463 e. The van der Waals surface area contributed by atoms with Gasteiger partial charge in [-0.3, -0.25) is 0 Å². The van der Waals surface area contributed by atoms with Crippen molar-refractivity contribution in [3.05, 3.63) is 28.8 Å². The Kier molecular flexibility index (Phi) is 4.57. The molecule has 0 aliphatic carbocycles. The number of hydrogen-bond donors (Lipinski definition) is 1. The Bertz CT molecular complexity index is 607. The third kappa shape index (κ3) is 3.71. The van der Waals surface area contributed by atoms with Crippen molar-refractivity contribution in [2.45, 2.75) is 20.3 Å². The van der Waals surface area contributed by atoms with E-state index in [1.807, 2.05) is 19.9 Å². The maximum absolute atomic E-state index is 6.08. The summed E-state index contributed by atoms with van der Waals surface area (Å²) in [6, 6.07) is 5.59. The van der Waals surface area contributed by atoms with Crippen LogP contribution in [0, 0.1) is 6.92 Å². The van der Waals surface area contributed by atoms with Crippen molar-refractivity contribution in [1.82, 2.24) is 15.0 Å². The molecule has 1 heterocycles. The van der Waals surface area contributed by atoms with Crippen molar-refractivity contribution in [2.75, 3.05) is 12.3 Å². The van der Waals surface area contributed by atoms with Crippen molar-refractivity contribution in [3.8, 4) is 17.8 Å². The molecule has 6 nitrogen and oxygen atoms in total. The van der Waals surface area contributed by atoms with Crippen LogP contribution in [0.5, 0.6) is 17.8 Å². The SMILES string of the molecule is CCCOc1nc(N)nc(Oc2ccc(C)cc2Cl)n1. The molecule has 0 saturated heterocycles. The molecule has 0 aliphatic rings. The molecule has 20 heavy (non-hydrogen) atoms. The molecule has 0 unspecified atom stereocenters. The molecule has 1 aromatic carbocycles. The van der Waals surface area contributed by atoms with Gasteiger partial charge < -0.3 is 15.2 Å². The minimum atomic E-state index is 0.0318. The molecule has 0 atom stereocenters. The van der Waals surface area contributed by atoms with Crippen LogP contribution in [0.3, 0.4) is 0 Å². The fourth-order valence-electron chi connectivity index (χ4n) is 1.44. The zero-order chi connectivity index (χ0) is 14.5. The molecular formula is C13H15ClN4O2. The zero-order valence-corrected chi connectivity index (χ0v) is 12.0. The average molecular weight is 295 g/mol. The standard InChI is InChI=1S/C13H15ClN4O2/c1-3-6-19-12-16-11(15)17-13(18-12)20-10-5-4-8(2)7-9(10)14/h4-5,7H,3,6H2,1-2H3,(H2,15,16,17,18). The van der Waals surface area contributed by atoms with E-state index in [0.717, 1.165) is 12.0 Å². The van der Waals surface area contributed by atoms with Crippen LogP contribution in [-0.2, 0) is 0 Å². The Morgan fingerprint density at radius 1 is 1.20 bits per heavy atom. The summed E-state index contributed by atoms with van der Waals surface area (Å²) >= 11 is 6.08. The van der Waals surface area contributed by atoms with Crippen molar-refractivity contribution in [1.29, 1.82) is 0 Å². The third-order valence-corrected chi connectivity index (χ3v) is 2.63. The van der Waals surface area contributed by atoms with Crippen molar-refractivity contribution >= 4 is 17.5 Å². The number of ether oxygens (including phenoxy) is 2. The predicted octanol–water partition coefficient (Wildman–Crippen LogP) is 3.00. The van der Waals surface area contributed by atoms with E-state index >= 15 is 0 Å². The van der Waals surface area contributed by atoms with Gasteiger partial charge in [-0.15, -0.1) is 4.98 Å². The smallest absolute Gasteiger partial charge is 0.330 e. The summed E-state index contributed by atoms with van der Waals surface area (Å²) in [5.41, 5.74) is 6.62. The van der Waals surface area contributed by atoms with Crippen LogP contribution in [0.2, 0.25) is 5.02 Å². The molecule has 0 bridgehead atoms. The van der Waals surface area contributed by atoms with Gasteiger partial charge in [-0.05, 0) is 31.0 Å². The highest BCUT2D eigenvalue weighted by atomic mass is 35.5. The van der Waals surface area contributed by atoms with Crippen LogP contribution in [-0.4, -0.2) is 21.6 Å². The van der Waals surface area contributed by atoms with E-state index in [1.54, 1.807) is 12.1 Å². The highest BCUT2D eigenvalue weighted by Crippen LogP contribution is 2.29. The first kappa shape index (κ1) is 14.3. The van der Waals surface area contributed by atoms with Crippen LogP contribution >= 0.6 is 11.6 Å². The first-order chi connectivity index (χ1) is 9.58. The Balaban J connectivity index is 2.21. The topological polar surface area (TPSA) is 83.2 Å². The lowest BCUT2D eigenvalue weighted by atomic mass is 10.2. The quantitative estimate of drug-likeness (QED) is 0.912. The van der Waals surface area contributed by atoms with E-state index in [2.05, 4.69) is 15.0 Å². The molecule has 0 aliphatic heterocycles. The van der Waals surface area contributed by atoms with Gasteiger partial charge in [0.25, 0.3) is 0 Å². The number of nitrogen functional groups attached to an aromatic ring is 1. The van der Waals surface area contributed by atoms with Crippen molar-refractivity contribution in [2.24, 2.45) is 0 Å². The van der Waals surface area contributed by atoms with Gasteiger partial charge >= 0.3 is 12.0 Å². The number of rotatable bonds is 5. The molecule has 2 N–H and O–H groups in total. The molecule has 2 aromatic rings. The summed E-state index contributed by atoms with van der Waals surface area (Å²) in [5.74, 6) is 0.480. The van der Waals surface area contributed by atoms with E-state index in [0.29, 0.717) is 17.4 Å². The van der Waals surface area contributed by atoms with Gasteiger partial charge in [0, 0.05) is 0 Å². The number of halogens is 1. The zero-order valence-electron chi connectivity index (χ0n) is 11.3. The number of benzene rings is 1. The molecule has 2 rings (SSSR count). The molecule has 0 amide bonds. The largest absolute Gasteiger partial charge is 0.463 e. The van der Waals surface area contributed by atoms with Gasteiger partial charge in [0.1, 0.15) is 5.75 Å². The maximum atomic E-state index is 6.08. The van der Waals surface area contributed by atoms with Gasteiger partial charge in [0.2, 0.25) is 5.95 Å². The molecule has 106 valence electrons. The lowest BCUT2D eigenvalue weighted by Gasteiger charge is -2.08. The summed E-state index contributed by atoms with van der Waals surface area (Å²) < 4.78 is 10.8. The number of aromatic nitrogens is 3. The highest BCUT2D eigenvalue weighted by molar-refractivity contribution is 6.32. The molecule has 0 spiro atoms. The third-order valence-electron chi connectivity index (χ3n) is 2.34. The second kappa shape index (κ2) is 6.38. The molecule has 1 aromatic heterocycles. The van der Waals surface area contributed by atoms with Gasteiger partial charge in [0.15, 0.2) is 0 Å². The van der Waals surface area contributed by atoms with Gasteiger partial charge in [-0.1, -0.05) is 24.6 Å². The molecule has 0 saturated carbocycles. The summed E-state index contributed by atoms with van der Waals surface area (Å²) in [6.07, 6.45) is 0.839. The summed E-state index contributed by atoms with van der Waals surface area (Å²) in [4.78, 5) is 11.8. The maximum Gasteiger partial charge on any atom is 0.330 e. The van der Waals surface area contributed by atoms with Crippen LogP contribution in [0.4, 0.5) is 5.95 Å². The lowest BCUT2D eigenvalue weighted by molar-refractivity contribution is 0.285. The van der Waals surface area contributed by atoms with Crippen LogP contribution < -0.4 is 15.2 Å². The first-order valence-electron chi connectivity index (χ1n) is 6.17. The Labute approximate surface area is 121 Å². The number of nitrogens with zero attached hydrogens (tertiary/aromatic N) is 3. The van der Waals surface area contributed by atoms with Gasteiger partial charge in [0.05, 0.1) is 11.6 Å². The van der Waals surface area contributed by atoms with Crippen molar-refractivity contribution < 1.29 is 9.47 Å². The second-order valence-corrected chi connectivity index (χ2v) is 4.55.